The van der Waals surface area contributed by atoms with Gasteiger partial charge >= 0.3 is 6.18 Å². The fraction of sp³-hybridized carbons (Fsp3) is 0.667. The molecule has 0 atom stereocenters. The van der Waals surface area contributed by atoms with Crippen LogP contribution in [-0.2, 0) is 0 Å². The maximum absolute atomic E-state index is 14.3. The third-order valence-electron chi connectivity index (χ3n) is 7.22. The average molecular weight is 450 g/mol. The Hall–Kier alpha value is -1.53. The minimum atomic E-state index is -5.64. The van der Waals surface area contributed by atoms with E-state index in [2.05, 4.69) is 6.92 Å². The first kappa shape index (κ1) is 24.1. The lowest BCUT2D eigenvalue weighted by Gasteiger charge is -2.38. The Morgan fingerprint density at radius 1 is 0.839 bits per heavy atom. The van der Waals surface area contributed by atoms with Crippen LogP contribution in [0.25, 0.3) is 5.83 Å². The first-order valence-corrected chi connectivity index (χ1v) is 11.2. The molecule has 0 aromatic heterocycles. The summed E-state index contributed by atoms with van der Waals surface area (Å²) in [7, 11) is 0. The van der Waals surface area contributed by atoms with Gasteiger partial charge in [-0.2, -0.15) is 17.6 Å². The summed E-state index contributed by atoms with van der Waals surface area (Å²) in [4.78, 5) is 0. The molecule has 0 spiro atoms. The molecule has 2 fully saturated rings. The van der Waals surface area contributed by atoms with Crippen LogP contribution in [0.3, 0.4) is 0 Å². The van der Waals surface area contributed by atoms with E-state index in [0.717, 1.165) is 43.7 Å². The van der Waals surface area contributed by atoms with Crippen molar-refractivity contribution in [1.82, 2.24) is 0 Å². The van der Waals surface area contributed by atoms with Gasteiger partial charge in [-0.15, -0.1) is 0 Å². The highest BCUT2D eigenvalue weighted by atomic mass is 19.4. The molecular weight excluding hydrogens is 421 g/mol. The summed E-state index contributed by atoms with van der Waals surface area (Å²) in [6, 6.07) is 1.70. The van der Waals surface area contributed by atoms with Gasteiger partial charge in [-0.1, -0.05) is 32.6 Å². The number of rotatable bonds is 5. The predicted molar refractivity (Wildman–Crippen MR) is 107 cm³/mol. The first-order chi connectivity index (χ1) is 14.6. The number of benzene rings is 1. The molecule has 0 nitrogen and oxygen atoms in total. The smallest absolute Gasteiger partial charge is 0.206 e. The van der Waals surface area contributed by atoms with Gasteiger partial charge < -0.3 is 0 Å². The Kier molecular flexibility index (Phi) is 7.74. The molecule has 174 valence electrons. The number of hydrogen-bond donors (Lipinski definition) is 0. The topological polar surface area (TPSA) is 0 Å². The number of halogens is 7. The molecule has 31 heavy (non-hydrogen) atoms. The summed E-state index contributed by atoms with van der Waals surface area (Å²) in [5.74, 6) is -6.73. The molecule has 0 N–H and O–H groups in total. The van der Waals surface area contributed by atoms with Crippen molar-refractivity contribution in [2.45, 2.75) is 83.2 Å². The highest BCUT2D eigenvalue weighted by Crippen LogP contribution is 2.45. The molecule has 0 radical (unpaired) electrons. The summed E-state index contributed by atoms with van der Waals surface area (Å²) in [5.41, 5.74) is -1.31. The summed E-state index contributed by atoms with van der Waals surface area (Å²) in [5, 5.41) is 0. The van der Waals surface area contributed by atoms with Crippen LogP contribution in [0.2, 0.25) is 0 Å². The van der Waals surface area contributed by atoms with Gasteiger partial charge in [0.2, 0.25) is 5.83 Å². The molecule has 2 saturated carbocycles. The molecule has 0 aliphatic heterocycles. The van der Waals surface area contributed by atoms with Crippen LogP contribution in [-0.4, -0.2) is 6.18 Å². The molecule has 0 unspecified atom stereocenters. The highest BCUT2D eigenvalue weighted by molar-refractivity contribution is 5.63. The van der Waals surface area contributed by atoms with E-state index in [1.165, 1.54) is 38.5 Å². The van der Waals surface area contributed by atoms with Gasteiger partial charge in [0, 0.05) is 0 Å². The minimum Gasteiger partial charge on any atom is -0.206 e. The molecule has 0 heterocycles. The van der Waals surface area contributed by atoms with Crippen LogP contribution in [0.5, 0.6) is 0 Å². The van der Waals surface area contributed by atoms with Crippen LogP contribution < -0.4 is 0 Å². The number of alkyl halides is 3. The van der Waals surface area contributed by atoms with Crippen molar-refractivity contribution >= 4 is 5.83 Å². The van der Waals surface area contributed by atoms with E-state index < -0.39 is 35.0 Å². The average Bonchev–Trinajstić information content (AvgIpc) is 2.73. The Morgan fingerprint density at radius 3 is 1.77 bits per heavy atom. The van der Waals surface area contributed by atoms with Crippen LogP contribution in [0.4, 0.5) is 30.7 Å². The molecule has 7 heteroatoms. The van der Waals surface area contributed by atoms with Gasteiger partial charge in [0.15, 0.2) is 5.83 Å². The summed E-state index contributed by atoms with van der Waals surface area (Å²) < 4.78 is 92.5. The SMILES string of the molecule is CCC[C@H]1CC[C@H]([C@H]2CC[C@H](c3cc(F)c(C(F)=C(F)C(F)(F)F)c(F)c3)CC2)CC1. The van der Waals surface area contributed by atoms with Crippen LogP contribution in [0.1, 0.15) is 88.2 Å². The maximum Gasteiger partial charge on any atom is 0.445 e. The van der Waals surface area contributed by atoms with Gasteiger partial charge in [-0.3, -0.25) is 0 Å². The van der Waals surface area contributed by atoms with E-state index >= 15 is 0 Å². The number of allylic oxidation sites excluding steroid dienone is 1. The van der Waals surface area contributed by atoms with Gasteiger partial charge in [0.05, 0.1) is 5.56 Å². The Morgan fingerprint density at radius 2 is 1.32 bits per heavy atom. The Labute approximate surface area is 178 Å². The van der Waals surface area contributed by atoms with Crippen molar-refractivity contribution in [3.63, 3.8) is 0 Å². The van der Waals surface area contributed by atoms with Crippen molar-refractivity contribution in [1.29, 1.82) is 0 Å². The van der Waals surface area contributed by atoms with Crippen LogP contribution in [0.15, 0.2) is 18.0 Å². The minimum absolute atomic E-state index is 0.134. The van der Waals surface area contributed by atoms with E-state index in [1.54, 1.807) is 0 Å². The zero-order valence-electron chi connectivity index (χ0n) is 17.7. The quantitative estimate of drug-likeness (QED) is 0.393. The van der Waals surface area contributed by atoms with Gasteiger partial charge in [0.25, 0.3) is 0 Å². The number of hydrogen-bond acceptors (Lipinski definition) is 0. The summed E-state index contributed by atoms with van der Waals surface area (Å²) in [6.45, 7) is 2.21. The molecule has 1 aromatic carbocycles. The normalized spacial score (nSPS) is 28.4. The molecule has 3 rings (SSSR count). The van der Waals surface area contributed by atoms with Crippen molar-refractivity contribution in [3.05, 3.63) is 40.7 Å². The van der Waals surface area contributed by atoms with E-state index in [4.69, 9.17) is 0 Å². The zero-order chi connectivity index (χ0) is 22.8. The summed E-state index contributed by atoms with van der Waals surface area (Å²) >= 11 is 0. The summed E-state index contributed by atoms with van der Waals surface area (Å²) in [6.07, 6.45) is 5.20. The second-order valence-corrected chi connectivity index (χ2v) is 9.17. The third-order valence-corrected chi connectivity index (χ3v) is 7.22. The molecule has 0 amide bonds. The molecular formula is C24H29F7. The molecule has 1 aromatic rings. The van der Waals surface area contributed by atoms with Gasteiger partial charge in [-0.05, 0) is 79.9 Å². The molecule has 0 saturated heterocycles. The lowest BCUT2D eigenvalue weighted by molar-refractivity contribution is -0.108. The fourth-order valence-electron chi connectivity index (χ4n) is 5.55. The first-order valence-electron chi connectivity index (χ1n) is 11.2. The van der Waals surface area contributed by atoms with E-state index in [0.29, 0.717) is 17.4 Å². The lowest BCUT2D eigenvalue weighted by Crippen LogP contribution is -2.25. The van der Waals surface area contributed by atoms with Gasteiger partial charge in [0.1, 0.15) is 11.6 Å². The van der Waals surface area contributed by atoms with Crippen molar-refractivity contribution in [3.8, 4) is 0 Å². The second-order valence-electron chi connectivity index (χ2n) is 9.17. The lowest BCUT2D eigenvalue weighted by atomic mass is 9.68. The Bertz CT molecular complexity index is 757. The largest absolute Gasteiger partial charge is 0.445 e. The van der Waals surface area contributed by atoms with Crippen LogP contribution >= 0.6 is 0 Å². The monoisotopic (exact) mass is 450 g/mol. The molecule has 0 bridgehead atoms. The predicted octanol–water partition coefficient (Wildman–Crippen LogP) is 9.01. The molecule has 2 aliphatic carbocycles. The Balaban J connectivity index is 1.65. The van der Waals surface area contributed by atoms with E-state index in [-0.39, 0.29) is 5.92 Å². The highest BCUT2D eigenvalue weighted by Gasteiger charge is 2.40. The standard InChI is InChI=1S/C24H29F7/c1-2-3-14-4-6-15(7-5-14)16-8-10-17(11-9-16)18-12-19(25)21(20(26)13-18)22(27)23(28)24(29,30)31/h12-17H,2-11H2,1H3/t14-,15-,16-,17-. The van der Waals surface area contributed by atoms with Crippen molar-refractivity contribution in [2.24, 2.45) is 17.8 Å². The fourth-order valence-corrected chi connectivity index (χ4v) is 5.55. The van der Waals surface area contributed by atoms with Crippen LogP contribution in [0, 0.1) is 29.4 Å². The van der Waals surface area contributed by atoms with Gasteiger partial charge in [-0.25, -0.2) is 13.2 Å². The zero-order valence-corrected chi connectivity index (χ0v) is 17.7. The van der Waals surface area contributed by atoms with E-state index in [1.807, 2.05) is 0 Å². The van der Waals surface area contributed by atoms with Crippen molar-refractivity contribution < 1.29 is 30.7 Å². The van der Waals surface area contributed by atoms with E-state index in [9.17, 15) is 30.7 Å². The molecule has 2 aliphatic rings. The maximum atomic E-state index is 14.3. The third kappa shape index (κ3) is 5.64. The van der Waals surface area contributed by atoms with Crippen molar-refractivity contribution in [2.75, 3.05) is 0 Å². The second kappa shape index (κ2) is 9.95.